The molecule has 14 heavy (non-hydrogen) atoms. The second-order valence-electron chi connectivity index (χ2n) is 2.97. The summed E-state index contributed by atoms with van der Waals surface area (Å²) in [4.78, 5) is 2.15. The van der Waals surface area contributed by atoms with Crippen molar-refractivity contribution in [2.75, 3.05) is 24.2 Å². The molecule has 0 spiro atoms. The Bertz CT molecular complexity index is 287. The van der Waals surface area contributed by atoms with Gasteiger partial charge in [-0.2, -0.15) is 0 Å². The van der Waals surface area contributed by atoms with E-state index < -0.39 is 0 Å². The quantitative estimate of drug-likeness (QED) is 0.587. The highest BCUT2D eigenvalue weighted by Gasteiger charge is 1.99. The van der Waals surface area contributed by atoms with Gasteiger partial charge in [-0.1, -0.05) is 30.0 Å². The molecular formula is C10H15N3S. The van der Waals surface area contributed by atoms with Gasteiger partial charge in [0.15, 0.2) is 5.17 Å². The van der Waals surface area contributed by atoms with E-state index in [0.29, 0.717) is 0 Å². The van der Waals surface area contributed by atoms with Gasteiger partial charge in [0.1, 0.15) is 0 Å². The Morgan fingerprint density at radius 2 is 2.07 bits per heavy atom. The largest absolute Gasteiger partial charge is 0.379 e. The second kappa shape index (κ2) is 5.54. The lowest BCUT2D eigenvalue weighted by Gasteiger charge is -2.18. The highest BCUT2D eigenvalue weighted by molar-refractivity contribution is 8.13. The normalized spacial score (nSPS) is 9.79. The van der Waals surface area contributed by atoms with E-state index in [-0.39, 0.29) is 5.17 Å². The number of amidine groups is 1. The summed E-state index contributed by atoms with van der Waals surface area (Å²) < 4.78 is 0. The highest BCUT2D eigenvalue weighted by Crippen LogP contribution is 2.11. The molecule has 1 rings (SSSR count). The number of nitrogens with zero attached hydrogens (tertiary/aromatic N) is 1. The molecule has 1 aromatic rings. The van der Waals surface area contributed by atoms with Crippen LogP contribution < -0.4 is 10.6 Å². The molecule has 0 fully saturated rings. The third-order valence-electron chi connectivity index (χ3n) is 1.88. The molecule has 0 saturated heterocycles. The Morgan fingerprint density at radius 3 is 2.64 bits per heavy atom. The Hall–Kier alpha value is -1.16. The fraction of sp³-hybridized carbons (Fsp3) is 0.300. The zero-order chi connectivity index (χ0) is 10.4. The first kappa shape index (κ1) is 10.9. The monoisotopic (exact) mass is 209 g/mol. The van der Waals surface area contributed by atoms with Crippen LogP contribution in [-0.2, 0) is 0 Å². The molecule has 0 aromatic heterocycles. The Labute approximate surface area is 88.8 Å². The summed E-state index contributed by atoms with van der Waals surface area (Å²) in [6.07, 6.45) is 0. The van der Waals surface area contributed by atoms with Crippen LogP contribution in [0.4, 0.5) is 5.69 Å². The van der Waals surface area contributed by atoms with E-state index in [0.717, 1.165) is 12.3 Å². The van der Waals surface area contributed by atoms with Crippen LogP contribution in [0.3, 0.4) is 0 Å². The van der Waals surface area contributed by atoms with E-state index in [1.54, 1.807) is 0 Å². The number of thioether (sulfide) groups is 1. The fourth-order valence-electron chi connectivity index (χ4n) is 1.10. The van der Waals surface area contributed by atoms with Crippen LogP contribution in [-0.4, -0.2) is 24.5 Å². The number of nitrogens with one attached hydrogen (secondary N) is 1. The van der Waals surface area contributed by atoms with Crippen molar-refractivity contribution in [2.45, 2.75) is 0 Å². The average Bonchev–Trinajstić information content (AvgIpc) is 2.18. The van der Waals surface area contributed by atoms with Crippen LogP contribution in [0.25, 0.3) is 0 Å². The summed E-state index contributed by atoms with van der Waals surface area (Å²) in [5.74, 6) is 0.848. The Morgan fingerprint density at radius 1 is 1.43 bits per heavy atom. The molecule has 1 aromatic carbocycles. The van der Waals surface area contributed by atoms with Gasteiger partial charge in [-0.15, -0.1) is 0 Å². The van der Waals surface area contributed by atoms with Crippen molar-refractivity contribution in [3.8, 4) is 0 Å². The zero-order valence-electron chi connectivity index (χ0n) is 8.23. The van der Waals surface area contributed by atoms with Crippen LogP contribution in [0, 0.1) is 5.41 Å². The molecule has 0 unspecified atom stereocenters. The van der Waals surface area contributed by atoms with Gasteiger partial charge < -0.3 is 10.6 Å². The van der Waals surface area contributed by atoms with E-state index >= 15 is 0 Å². The molecule has 3 N–H and O–H groups in total. The molecule has 0 aliphatic heterocycles. The third kappa shape index (κ3) is 3.70. The first-order chi connectivity index (χ1) is 6.70. The maximum atomic E-state index is 7.07. The molecule has 0 aliphatic carbocycles. The van der Waals surface area contributed by atoms with Gasteiger partial charge in [-0.05, 0) is 12.1 Å². The van der Waals surface area contributed by atoms with Gasteiger partial charge in [-0.25, -0.2) is 0 Å². The van der Waals surface area contributed by atoms with Crippen molar-refractivity contribution in [3.63, 3.8) is 0 Å². The lowest BCUT2D eigenvalue weighted by atomic mass is 10.3. The number of anilines is 1. The lowest BCUT2D eigenvalue weighted by molar-refractivity contribution is 0.979. The van der Waals surface area contributed by atoms with Crippen LogP contribution in [0.15, 0.2) is 30.3 Å². The van der Waals surface area contributed by atoms with E-state index in [9.17, 15) is 0 Å². The average molecular weight is 209 g/mol. The van der Waals surface area contributed by atoms with Gasteiger partial charge in [0.2, 0.25) is 0 Å². The standard InChI is InChI=1S/C10H15N3S/c1-13(7-8-14-10(11)12)9-5-3-2-4-6-9/h2-6H,7-8H2,1H3,(H3,11,12). The number of nitrogens with two attached hydrogens (primary N) is 1. The predicted molar refractivity (Wildman–Crippen MR) is 64.1 cm³/mol. The maximum absolute atomic E-state index is 7.07. The van der Waals surface area contributed by atoms with Crippen molar-refractivity contribution >= 4 is 22.6 Å². The lowest BCUT2D eigenvalue weighted by Crippen LogP contribution is -2.21. The molecule has 0 radical (unpaired) electrons. The van der Waals surface area contributed by atoms with E-state index in [4.69, 9.17) is 11.1 Å². The summed E-state index contributed by atoms with van der Waals surface area (Å²) in [6.45, 7) is 0.897. The summed E-state index contributed by atoms with van der Waals surface area (Å²) in [6, 6.07) is 10.2. The fourth-order valence-corrected chi connectivity index (χ4v) is 1.69. The van der Waals surface area contributed by atoms with E-state index in [1.165, 1.54) is 17.4 Å². The van der Waals surface area contributed by atoms with Crippen molar-refractivity contribution in [2.24, 2.45) is 5.73 Å². The van der Waals surface area contributed by atoms with Gasteiger partial charge in [0.25, 0.3) is 0 Å². The number of benzene rings is 1. The van der Waals surface area contributed by atoms with Gasteiger partial charge in [0, 0.05) is 25.0 Å². The molecule has 0 aliphatic rings. The summed E-state index contributed by atoms with van der Waals surface area (Å²) in [5, 5.41) is 7.25. The molecular weight excluding hydrogens is 194 g/mol. The number of para-hydroxylation sites is 1. The van der Waals surface area contributed by atoms with Crippen molar-refractivity contribution in [1.29, 1.82) is 5.41 Å². The van der Waals surface area contributed by atoms with E-state index in [1.807, 2.05) is 25.2 Å². The van der Waals surface area contributed by atoms with Gasteiger partial charge in [-0.3, -0.25) is 5.41 Å². The maximum Gasteiger partial charge on any atom is 0.151 e. The molecule has 0 amide bonds. The number of hydrogen-bond donors (Lipinski definition) is 2. The Balaban J connectivity index is 2.36. The summed E-state index contributed by atoms with van der Waals surface area (Å²) in [7, 11) is 2.04. The molecule has 0 saturated carbocycles. The first-order valence-electron chi connectivity index (χ1n) is 4.43. The van der Waals surface area contributed by atoms with Crippen LogP contribution >= 0.6 is 11.8 Å². The molecule has 76 valence electrons. The zero-order valence-corrected chi connectivity index (χ0v) is 9.05. The molecule has 0 bridgehead atoms. The second-order valence-corrected chi connectivity index (χ2v) is 4.11. The molecule has 0 heterocycles. The molecule has 3 nitrogen and oxygen atoms in total. The number of rotatable bonds is 4. The van der Waals surface area contributed by atoms with Crippen LogP contribution in [0.1, 0.15) is 0 Å². The minimum Gasteiger partial charge on any atom is -0.379 e. The van der Waals surface area contributed by atoms with Crippen LogP contribution in [0.2, 0.25) is 0 Å². The molecule has 4 heteroatoms. The third-order valence-corrected chi connectivity index (χ3v) is 2.58. The Kier molecular flexibility index (Phi) is 4.32. The first-order valence-corrected chi connectivity index (χ1v) is 5.41. The van der Waals surface area contributed by atoms with Crippen molar-refractivity contribution in [1.82, 2.24) is 0 Å². The van der Waals surface area contributed by atoms with Crippen LogP contribution in [0.5, 0.6) is 0 Å². The van der Waals surface area contributed by atoms with Gasteiger partial charge in [0.05, 0.1) is 0 Å². The topological polar surface area (TPSA) is 53.1 Å². The smallest absolute Gasteiger partial charge is 0.151 e. The highest BCUT2D eigenvalue weighted by atomic mass is 32.2. The van der Waals surface area contributed by atoms with Crippen molar-refractivity contribution < 1.29 is 0 Å². The van der Waals surface area contributed by atoms with Gasteiger partial charge >= 0.3 is 0 Å². The van der Waals surface area contributed by atoms with E-state index in [2.05, 4.69) is 17.0 Å². The number of hydrogen-bond acceptors (Lipinski definition) is 3. The van der Waals surface area contributed by atoms with Crippen molar-refractivity contribution in [3.05, 3.63) is 30.3 Å². The SMILES string of the molecule is CN(CCSC(=N)N)c1ccccc1. The summed E-state index contributed by atoms with van der Waals surface area (Å²) >= 11 is 1.37. The molecule has 0 atom stereocenters. The minimum absolute atomic E-state index is 0.187. The summed E-state index contributed by atoms with van der Waals surface area (Å²) in [5.41, 5.74) is 6.44. The predicted octanol–water partition coefficient (Wildman–Crippen LogP) is 1.75. The minimum atomic E-state index is 0.187.